The number of rotatable bonds is 6. The predicted molar refractivity (Wildman–Crippen MR) is 74.2 cm³/mol. The molecule has 1 rings (SSSR count). The summed E-state index contributed by atoms with van der Waals surface area (Å²) >= 11 is 0. The average molecular weight is 252 g/mol. The fraction of sp³-hybridized carbons (Fsp3) is 0.533. The summed E-state index contributed by atoms with van der Waals surface area (Å²) in [5.41, 5.74) is 1.02. The lowest BCUT2D eigenvalue weighted by Crippen LogP contribution is -1.98. The van der Waals surface area contributed by atoms with Crippen molar-refractivity contribution in [3.05, 3.63) is 23.8 Å². The molecule has 0 bridgehead atoms. The second kappa shape index (κ2) is 9.51. The summed E-state index contributed by atoms with van der Waals surface area (Å²) in [7, 11) is 0. The van der Waals surface area contributed by atoms with Gasteiger partial charge in [-0.15, -0.1) is 0 Å². The lowest BCUT2D eigenvalue weighted by Gasteiger charge is -2.07. The molecule has 0 fully saturated rings. The van der Waals surface area contributed by atoms with Gasteiger partial charge in [0.25, 0.3) is 0 Å². The van der Waals surface area contributed by atoms with E-state index in [0.29, 0.717) is 31.6 Å². The summed E-state index contributed by atoms with van der Waals surface area (Å²) in [5, 5.41) is 9.50. The highest BCUT2D eigenvalue weighted by atomic mass is 16.5. The van der Waals surface area contributed by atoms with Gasteiger partial charge in [0.05, 0.1) is 6.61 Å². The van der Waals surface area contributed by atoms with Crippen molar-refractivity contribution in [2.45, 2.75) is 47.0 Å². The maximum absolute atomic E-state index is 11.2. The number of carbonyl (C=O) groups is 1. The van der Waals surface area contributed by atoms with Crippen molar-refractivity contribution in [3.8, 4) is 11.5 Å². The van der Waals surface area contributed by atoms with E-state index in [0.717, 1.165) is 5.56 Å². The van der Waals surface area contributed by atoms with E-state index in [2.05, 4.69) is 0 Å². The van der Waals surface area contributed by atoms with E-state index in [4.69, 9.17) is 4.74 Å². The van der Waals surface area contributed by atoms with Crippen LogP contribution >= 0.6 is 0 Å². The predicted octanol–water partition coefficient (Wildman–Crippen LogP) is 3.73. The average Bonchev–Trinajstić information content (AvgIpc) is 2.41. The molecule has 0 amide bonds. The van der Waals surface area contributed by atoms with E-state index in [9.17, 15) is 9.90 Å². The van der Waals surface area contributed by atoms with Crippen LogP contribution in [-0.4, -0.2) is 17.5 Å². The van der Waals surface area contributed by atoms with E-state index in [1.807, 2.05) is 33.8 Å². The molecule has 0 aliphatic heterocycles. The number of aryl methyl sites for hydroxylation is 1. The van der Waals surface area contributed by atoms with Crippen LogP contribution in [0.5, 0.6) is 11.5 Å². The molecular weight excluding hydrogens is 228 g/mol. The number of hydrogen-bond acceptors (Lipinski definition) is 3. The minimum absolute atomic E-state index is 0.146. The van der Waals surface area contributed by atoms with Gasteiger partial charge in [0, 0.05) is 12.8 Å². The van der Waals surface area contributed by atoms with Crippen LogP contribution in [0.1, 0.15) is 46.1 Å². The van der Waals surface area contributed by atoms with Crippen molar-refractivity contribution in [3.63, 3.8) is 0 Å². The Morgan fingerprint density at radius 3 is 2.50 bits per heavy atom. The molecule has 1 aromatic rings. The molecule has 1 N–H and O–H groups in total. The molecule has 0 heterocycles. The van der Waals surface area contributed by atoms with E-state index in [1.54, 1.807) is 12.1 Å². The van der Waals surface area contributed by atoms with E-state index in [-0.39, 0.29) is 11.5 Å². The molecule has 3 nitrogen and oxygen atoms in total. The van der Waals surface area contributed by atoms with Gasteiger partial charge in [-0.05, 0) is 31.0 Å². The zero-order chi connectivity index (χ0) is 14.0. The smallest absolute Gasteiger partial charge is 0.161 e. The van der Waals surface area contributed by atoms with Gasteiger partial charge >= 0.3 is 0 Å². The Balaban J connectivity index is 0.00000137. The van der Waals surface area contributed by atoms with Gasteiger partial charge in [-0.1, -0.05) is 26.8 Å². The van der Waals surface area contributed by atoms with E-state index < -0.39 is 0 Å². The maximum atomic E-state index is 11.2. The first kappa shape index (κ1) is 16.5. The molecule has 0 atom stereocenters. The van der Waals surface area contributed by atoms with E-state index in [1.165, 1.54) is 0 Å². The minimum atomic E-state index is 0.146. The summed E-state index contributed by atoms with van der Waals surface area (Å²) in [5.74, 6) is 0.891. The number of phenols is 1. The molecule has 0 saturated carbocycles. The third-order valence-electron chi connectivity index (χ3n) is 2.41. The minimum Gasteiger partial charge on any atom is -0.504 e. The molecule has 0 saturated heterocycles. The summed E-state index contributed by atoms with van der Waals surface area (Å²) in [6, 6.07) is 5.22. The number of Topliss-reactive ketones (excluding diaryl/α,β-unsaturated/α-hetero) is 1. The van der Waals surface area contributed by atoms with Crippen LogP contribution in [0.15, 0.2) is 18.2 Å². The van der Waals surface area contributed by atoms with Gasteiger partial charge in [0.2, 0.25) is 0 Å². The third-order valence-corrected chi connectivity index (χ3v) is 2.41. The van der Waals surface area contributed by atoms with Crippen molar-refractivity contribution in [1.82, 2.24) is 0 Å². The second-order valence-electron chi connectivity index (χ2n) is 3.63. The SMILES string of the molecule is CC.CCOc1cc(CCC(=O)CC)ccc1O. The molecule has 102 valence electrons. The second-order valence-corrected chi connectivity index (χ2v) is 3.63. The molecule has 0 aliphatic rings. The van der Waals surface area contributed by atoms with E-state index >= 15 is 0 Å². The molecule has 0 aromatic heterocycles. The molecule has 18 heavy (non-hydrogen) atoms. The number of hydrogen-bond donors (Lipinski definition) is 1. The summed E-state index contributed by atoms with van der Waals surface area (Å²) in [6.07, 6.45) is 1.83. The Labute approximate surface area is 110 Å². The van der Waals surface area contributed by atoms with Crippen molar-refractivity contribution >= 4 is 5.78 Å². The normalized spacial score (nSPS) is 9.33. The molecule has 1 aromatic carbocycles. The fourth-order valence-corrected chi connectivity index (χ4v) is 1.45. The Morgan fingerprint density at radius 1 is 1.28 bits per heavy atom. The highest BCUT2D eigenvalue weighted by molar-refractivity contribution is 5.78. The van der Waals surface area contributed by atoms with Crippen LogP contribution in [-0.2, 0) is 11.2 Å². The van der Waals surface area contributed by atoms with Gasteiger partial charge in [-0.3, -0.25) is 4.79 Å². The zero-order valence-corrected chi connectivity index (χ0v) is 11.8. The summed E-state index contributed by atoms with van der Waals surface area (Å²) in [4.78, 5) is 11.2. The Hall–Kier alpha value is -1.51. The largest absolute Gasteiger partial charge is 0.504 e. The van der Waals surface area contributed by atoms with Crippen molar-refractivity contribution in [2.75, 3.05) is 6.61 Å². The first-order chi connectivity index (χ1) is 8.67. The standard InChI is InChI=1S/C13H18O3.C2H6/c1-3-11(14)7-5-10-6-8-12(15)13(9-10)16-4-2;1-2/h6,8-9,15H,3-5,7H2,1-2H3;1-2H3. The third kappa shape index (κ3) is 5.71. The first-order valence-corrected chi connectivity index (χ1v) is 6.63. The number of ether oxygens (including phenoxy) is 1. The van der Waals surface area contributed by atoms with Gasteiger partial charge in [0.1, 0.15) is 5.78 Å². The number of benzene rings is 1. The maximum Gasteiger partial charge on any atom is 0.161 e. The number of ketones is 1. The van der Waals surface area contributed by atoms with Gasteiger partial charge < -0.3 is 9.84 Å². The van der Waals surface area contributed by atoms with Crippen molar-refractivity contribution < 1.29 is 14.6 Å². The highest BCUT2D eigenvalue weighted by Crippen LogP contribution is 2.27. The summed E-state index contributed by atoms with van der Waals surface area (Å²) in [6.45, 7) is 8.25. The lowest BCUT2D eigenvalue weighted by molar-refractivity contribution is -0.118. The Bertz CT molecular complexity index is 359. The Kier molecular flexibility index (Phi) is 8.71. The van der Waals surface area contributed by atoms with Gasteiger partial charge in [0.15, 0.2) is 11.5 Å². The first-order valence-electron chi connectivity index (χ1n) is 6.63. The number of phenolic OH excluding ortho intramolecular Hbond substituents is 1. The fourth-order valence-electron chi connectivity index (χ4n) is 1.45. The van der Waals surface area contributed by atoms with Crippen LogP contribution in [0.3, 0.4) is 0 Å². The number of aromatic hydroxyl groups is 1. The van der Waals surface area contributed by atoms with Crippen LogP contribution in [0.4, 0.5) is 0 Å². The molecule has 0 radical (unpaired) electrons. The molecule has 0 spiro atoms. The van der Waals surface area contributed by atoms with Gasteiger partial charge in [-0.25, -0.2) is 0 Å². The van der Waals surface area contributed by atoms with Crippen LogP contribution in [0, 0.1) is 0 Å². The van der Waals surface area contributed by atoms with Crippen LogP contribution in [0.2, 0.25) is 0 Å². The Morgan fingerprint density at radius 2 is 1.94 bits per heavy atom. The number of carbonyl (C=O) groups excluding carboxylic acids is 1. The van der Waals surface area contributed by atoms with Gasteiger partial charge in [-0.2, -0.15) is 0 Å². The van der Waals surface area contributed by atoms with Crippen molar-refractivity contribution in [2.24, 2.45) is 0 Å². The highest BCUT2D eigenvalue weighted by Gasteiger charge is 2.05. The lowest BCUT2D eigenvalue weighted by atomic mass is 10.1. The summed E-state index contributed by atoms with van der Waals surface area (Å²) < 4.78 is 5.28. The zero-order valence-electron chi connectivity index (χ0n) is 11.8. The monoisotopic (exact) mass is 252 g/mol. The molecular formula is C15H24O3. The van der Waals surface area contributed by atoms with Crippen LogP contribution in [0.25, 0.3) is 0 Å². The molecule has 3 heteroatoms. The van der Waals surface area contributed by atoms with Crippen molar-refractivity contribution in [1.29, 1.82) is 0 Å². The quantitative estimate of drug-likeness (QED) is 0.839. The topological polar surface area (TPSA) is 46.5 Å². The molecule has 0 unspecified atom stereocenters. The van der Waals surface area contributed by atoms with Crippen LogP contribution < -0.4 is 4.74 Å². The molecule has 0 aliphatic carbocycles.